The lowest BCUT2D eigenvalue weighted by atomic mass is 10.1. The van der Waals surface area contributed by atoms with E-state index >= 15 is 0 Å². The van der Waals surface area contributed by atoms with E-state index in [-0.39, 0.29) is 24.3 Å². The number of ether oxygens (including phenoxy) is 3. The summed E-state index contributed by atoms with van der Waals surface area (Å²) >= 11 is 0. The third-order valence-electron chi connectivity index (χ3n) is 4.95. The van der Waals surface area contributed by atoms with Crippen molar-refractivity contribution in [2.45, 2.75) is 50.7 Å². The van der Waals surface area contributed by atoms with E-state index in [1.165, 1.54) is 0 Å². The number of rotatable bonds is 4. The quantitative estimate of drug-likeness (QED) is 0.830. The molecule has 0 aromatic heterocycles. The minimum atomic E-state index is -0.367. The maximum Gasteiger partial charge on any atom is 0.410 e. The van der Waals surface area contributed by atoms with E-state index in [0.717, 1.165) is 31.3 Å². The average molecular weight is 364 g/mol. The van der Waals surface area contributed by atoms with Crippen LogP contribution >= 0.6 is 0 Å². The molecule has 3 aliphatic rings. The number of piperidine rings is 1. The van der Waals surface area contributed by atoms with Crippen molar-refractivity contribution in [3.63, 3.8) is 0 Å². The Morgan fingerprint density at radius 2 is 1.92 bits per heavy atom. The van der Waals surface area contributed by atoms with E-state index in [9.17, 15) is 9.59 Å². The molecule has 0 aromatic rings. The van der Waals surface area contributed by atoms with Crippen LogP contribution in [-0.2, 0) is 14.2 Å². The SMILES string of the molecule is O=C(NC1CCN(C(=O)OCC2=CCCC=C2)CC1)OC1CCOCC1. The van der Waals surface area contributed by atoms with Crippen molar-refractivity contribution in [3.8, 4) is 0 Å². The van der Waals surface area contributed by atoms with E-state index < -0.39 is 0 Å². The van der Waals surface area contributed by atoms with Gasteiger partial charge in [-0.05, 0) is 31.3 Å². The molecule has 7 nitrogen and oxygen atoms in total. The van der Waals surface area contributed by atoms with Gasteiger partial charge in [0.15, 0.2) is 0 Å². The monoisotopic (exact) mass is 364 g/mol. The van der Waals surface area contributed by atoms with Gasteiger partial charge in [0.25, 0.3) is 0 Å². The van der Waals surface area contributed by atoms with Crippen LogP contribution in [0.15, 0.2) is 23.8 Å². The second kappa shape index (κ2) is 9.62. The average Bonchev–Trinajstić information content (AvgIpc) is 2.68. The third kappa shape index (κ3) is 5.76. The molecule has 2 saturated heterocycles. The summed E-state index contributed by atoms with van der Waals surface area (Å²) in [6.07, 6.45) is 10.5. The lowest BCUT2D eigenvalue weighted by molar-refractivity contribution is 0.000180. The van der Waals surface area contributed by atoms with Crippen LogP contribution in [0.2, 0.25) is 0 Å². The summed E-state index contributed by atoms with van der Waals surface area (Å²) in [6.45, 7) is 2.77. The number of hydrogen-bond donors (Lipinski definition) is 1. The molecule has 2 aliphatic heterocycles. The molecule has 0 radical (unpaired) electrons. The maximum atomic E-state index is 12.2. The van der Waals surface area contributed by atoms with Gasteiger partial charge in [-0.3, -0.25) is 0 Å². The van der Waals surface area contributed by atoms with Gasteiger partial charge in [-0.1, -0.05) is 18.2 Å². The zero-order chi connectivity index (χ0) is 18.2. The van der Waals surface area contributed by atoms with Crippen LogP contribution in [0.5, 0.6) is 0 Å². The van der Waals surface area contributed by atoms with Crippen LogP contribution in [0.3, 0.4) is 0 Å². The highest BCUT2D eigenvalue weighted by Crippen LogP contribution is 2.15. The van der Waals surface area contributed by atoms with Gasteiger partial charge in [0, 0.05) is 32.0 Å². The van der Waals surface area contributed by atoms with Crippen LogP contribution in [0.4, 0.5) is 9.59 Å². The van der Waals surface area contributed by atoms with E-state index in [1.807, 2.05) is 6.08 Å². The van der Waals surface area contributed by atoms with Gasteiger partial charge in [0.2, 0.25) is 0 Å². The number of carbonyl (C=O) groups is 2. The molecule has 144 valence electrons. The highest BCUT2D eigenvalue weighted by atomic mass is 16.6. The Balaban J connectivity index is 1.32. The molecule has 2 fully saturated rings. The van der Waals surface area contributed by atoms with Gasteiger partial charge in [0.05, 0.1) is 13.2 Å². The third-order valence-corrected chi connectivity index (χ3v) is 4.95. The van der Waals surface area contributed by atoms with Crippen molar-refractivity contribution in [2.75, 3.05) is 32.9 Å². The zero-order valence-corrected chi connectivity index (χ0v) is 15.2. The molecule has 3 rings (SSSR count). The first-order chi connectivity index (χ1) is 12.7. The van der Waals surface area contributed by atoms with Crippen LogP contribution in [0.25, 0.3) is 0 Å². The van der Waals surface area contributed by atoms with Crippen molar-refractivity contribution >= 4 is 12.2 Å². The molecule has 0 saturated carbocycles. The van der Waals surface area contributed by atoms with Crippen molar-refractivity contribution < 1.29 is 23.8 Å². The molecule has 2 amide bonds. The van der Waals surface area contributed by atoms with Gasteiger partial charge in [-0.15, -0.1) is 0 Å². The van der Waals surface area contributed by atoms with Crippen molar-refractivity contribution in [1.29, 1.82) is 0 Å². The summed E-state index contributed by atoms with van der Waals surface area (Å²) in [6, 6.07) is 0.0374. The first-order valence-corrected chi connectivity index (χ1v) is 9.53. The van der Waals surface area contributed by atoms with Crippen LogP contribution < -0.4 is 5.32 Å². The fraction of sp³-hybridized carbons (Fsp3) is 0.684. The molecule has 0 unspecified atom stereocenters. The summed E-state index contributed by atoms with van der Waals surface area (Å²) in [7, 11) is 0. The van der Waals surface area contributed by atoms with Gasteiger partial charge in [0.1, 0.15) is 12.7 Å². The summed E-state index contributed by atoms with van der Waals surface area (Å²) in [4.78, 5) is 25.8. The smallest absolute Gasteiger partial charge is 0.410 e. The molecule has 1 aliphatic carbocycles. The summed E-state index contributed by atoms with van der Waals surface area (Å²) in [5, 5.41) is 2.91. The van der Waals surface area contributed by atoms with Gasteiger partial charge >= 0.3 is 12.2 Å². The molecule has 0 spiro atoms. The number of carbonyl (C=O) groups excluding carboxylic acids is 2. The number of nitrogens with one attached hydrogen (secondary N) is 1. The second-order valence-electron chi connectivity index (χ2n) is 6.94. The molecular weight excluding hydrogens is 336 g/mol. The summed E-state index contributed by atoms with van der Waals surface area (Å²) in [5.41, 5.74) is 1.05. The Morgan fingerprint density at radius 3 is 2.62 bits per heavy atom. The minimum absolute atomic E-state index is 0.0374. The van der Waals surface area contributed by atoms with Crippen molar-refractivity contribution in [2.24, 2.45) is 0 Å². The minimum Gasteiger partial charge on any atom is -0.446 e. The fourth-order valence-electron chi connectivity index (χ4n) is 3.36. The normalized spacial score (nSPS) is 21.8. The number of allylic oxidation sites excluding steroid dienone is 2. The maximum absolute atomic E-state index is 12.2. The number of alkyl carbamates (subject to hydrolysis) is 1. The lowest BCUT2D eigenvalue weighted by Gasteiger charge is -2.32. The topological polar surface area (TPSA) is 77.1 Å². The largest absolute Gasteiger partial charge is 0.446 e. The van der Waals surface area contributed by atoms with Gasteiger partial charge in [-0.25, -0.2) is 9.59 Å². The molecule has 0 aromatic carbocycles. The summed E-state index contributed by atoms with van der Waals surface area (Å²) < 4.78 is 16.1. The number of hydrogen-bond acceptors (Lipinski definition) is 5. The Hall–Kier alpha value is -2.02. The predicted molar refractivity (Wildman–Crippen MR) is 95.9 cm³/mol. The summed E-state index contributed by atoms with van der Waals surface area (Å²) in [5.74, 6) is 0. The fourth-order valence-corrected chi connectivity index (χ4v) is 3.36. The molecule has 0 atom stereocenters. The Labute approximate surface area is 154 Å². The standard InChI is InChI=1S/C19H28N2O5/c22-18(26-17-8-12-24-13-9-17)20-16-6-10-21(11-7-16)19(23)25-14-15-4-2-1-3-5-15/h2,4-5,16-17H,1,3,6-14H2,(H,20,22). The van der Waals surface area contributed by atoms with Crippen LogP contribution in [-0.4, -0.2) is 62.1 Å². The Morgan fingerprint density at radius 1 is 1.15 bits per heavy atom. The highest BCUT2D eigenvalue weighted by molar-refractivity contribution is 5.69. The van der Waals surface area contributed by atoms with Gasteiger partial charge in [-0.2, -0.15) is 0 Å². The lowest BCUT2D eigenvalue weighted by Crippen LogP contribution is -2.47. The van der Waals surface area contributed by atoms with Gasteiger partial charge < -0.3 is 24.4 Å². The molecule has 7 heteroatoms. The molecule has 2 heterocycles. The Kier molecular flexibility index (Phi) is 6.94. The van der Waals surface area contributed by atoms with E-state index in [0.29, 0.717) is 45.8 Å². The molecule has 1 N–H and O–H groups in total. The van der Waals surface area contributed by atoms with Crippen molar-refractivity contribution in [3.05, 3.63) is 23.8 Å². The van der Waals surface area contributed by atoms with E-state index in [1.54, 1.807) is 4.90 Å². The first-order valence-electron chi connectivity index (χ1n) is 9.53. The predicted octanol–water partition coefficient (Wildman–Crippen LogP) is 2.77. The first kappa shape index (κ1) is 18.8. The molecule has 0 bridgehead atoms. The molecule has 26 heavy (non-hydrogen) atoms. The van der Waals surface area contributed by atoms with Crippen molar-refractivity contribution in [1.82, 2.24) is 10.2 Å². The molecular formula is C19H28N2O5. The van der Waals surface area contributed by atoms with Crippen LogP contribution in [0.1, 0.15) is 38.5 Å². The van der Waals surface area contributed by atoms with Crippen LogP contribution in [0, 0.1) is 0 Å². The Bertz CT molecular complexity index is 546. The second-order valence-corrected chi connectivity index (χ2v) is 6.94. The number of amides is 2. The zero-order valence-electron chi connectivity index (χ0n) is 15.2. The number of likely N-dealkylation sites (tertiary alicyclic amines) is 1. The van der Waals surface area contributed by atoms with E-state index in [2.05, 4.69) is 17.5 Å². The highest BCUT2D eigenvalue weighted by Gasteiger charge is 2.26. The van der Waals surface area contributed by atoms with E-state index in [4.69, 9.17) is 14.2 Å². The number of nitrogens with zero attached hydrogens (tertiary/aromatic N) is 1.